The van der Waals surface area contributed by atoms with Crippen LogP contribution in [-0.2, 0) is 6.61 Å². The number of benzene rings is 1. The quantitative estimate of drug-likeness (QED) is 0.733. The molecule has 0 unspecified atom stereocenters. The topological polar surface area (TPSA) is 22.1 Å². The fraction of sp³-hybridized carbons (Fsp3) is 0.0833. The van der Waals surface area contributed by atoms with E-state index in [0.717, 1.165) is 5.75 Å². The van der Waals surface area contributed by atoms with E-state index in [2.05, 4.69) is 4.98 Å². The van der Waals surface area contributed by atoms with Crippen LogP contribution in [-0.4, -0.2) is 4.98 Å². The molecule has 0 atom stereocenters. The summed E-state index contributed by atoms with van der Waals surface area (Å²) in [5.41, 5.74) is 1.17. The van der Waals surface area contributed by atoms with Gasteiger partial charge in [0.25, 0.3) is 0 Å². The van der Waals surface area contributed by atoms with Gasteiger partial charge in [-0.2, -0.15) is 0 Å². The van der Waals surface area contributed by atoms with Crippen molar-refractivity contribution in [2.75, 3.05) is 0 Å². The van der Waals surface area contributed by atoms with Gasteiger partial charge in [0, 0.05) is 12.4 Å². The van der Waals surface area contributed by atoms with E-state index in [9.17, 15) is 0 Å². The van der Waals surface area contributed by atoms with E-state index in [4.69, 9.17) is 4.74 Å². The van der Waals surface area contributed by atoms with Crippen molar-refractivity contribution in [1.29, 1.82) is 0 Å². The summed E-state index contributed by atoms with van der Waals surface area (Å²) in [5, 5.41) is 0. The summed E-state index contributed by atoms with van der Waals surface area (Å²) in [5.74, 6) is 0.851. The van der Waals surface area contributed by atoms with Crippen LogP contribution in [0.5, 0.6) is 5.75 Å². The van der Waals surface area contributed by atoms with Gasteiger partial charge in [-0.15, -0.1) is 0 Å². The van der Waals surface area contributed by atoms with Crippen molar-refractivity contribution in [2.45, 2.75) is 6.61 Å². The Hall–Kier alpha value is -1.83. The average molecular weight is 185 g/mol. The van der Waals surface area contributed by atoms with Gasteiger partial charge in [-0.25, -0.2) is 0 Å². The maximum absolute atomic E-state index is 5.55. The molecule has 0 aliphatic carbocycles. The highest BCUT2D eigenvalue weighted by molar-refractivity contribution is 5.19. The Balaban J connectivity index is 1.96. The molecule has 1 aromatic carbocycles. The predicted molar refractivity (Wildman–Crippen MR) is 55.0 cm³/mol. The molecule has 0 aliphatic heterocycles. The van der Waals surface area contributed by atoms with Crippen LogP contribution in [0, 0.1) is 0 Å². The number of hydrogen-bond acceptors (Lipinski definition) is 2. The van der Waals surface area contributed by atoms with Crippen molar-refractivity contribution in [3.8, 4) is 5.75 Å². The first-order valence-corrected chi connectivity index (χ1v) is 4.52. The zero-order valence-corrected chi connectivity index (χ0v) is 7.76. The number of pyridine rings is 1. The lowest BCUT2D eigenvalue weighted by atomic mass is 10.2. The van der Waals surface area contributed by atoms with Crippen LogP contribution in [0.3, 0.4) is 0 Å². The zero-order valence-electron chi connectivity index (χ0n) is 7.76. The molecule has 2 heteroatoms. The highest BCUT2D eigenvalue weighted by atomic mass is 16.5. The van der Waals surface area contributed by atoms with Crippen LogP contribution in [0.25, 0.3) is 0 Å². The SMILES string of the molecule is c1ccc(COc2ccncc2)cc1. The number of aromatic nitrogens is 1. The van der Waals surface area contributed by atoms with Crippen LogP contribution in [0.2, 0.25) is 0 Å². The Labute approximate surface area is 83.2 Å². The highest BCUT2D eigenvalue weighted by Gasteiger charge is 1.93. The molecule has 1 aromatic heterocycles. The number of hydrogen-bond donors (Lipinski definition) is 0. The smallest absolute Gasteiger partial charge is 0.122 e. The molecule has 70 valence electrons. The predicted octanol–water partition coefficient (Wildman–Crippen LogP) is 2.66. The molecule has 0 N–H and O–H groups in total. The van der Waals surface area contributed by atoms with Gasteiger partial charge in [0.05, 0.1) is 0 Å². The van der Waals surface area contributed by atoms with Crippen LogP contribution in [0.15, 0.2) is 54.9 Å². The van der Waals surface area contributed by atoms with Gasteiger partial charge in [-0.3, -0.25) is 4.98 Å². The van der Waals surface area contributed by atoms with Gasteiger partial charge in [0.15, 0.2) is 0 Å². The molecule has 0 amide bonds. The molecule has 0 saturated heterocycles. The lowest BCUT2D eigenvalue weighted by molar-refractivity contribution is 0.306. The first kappa shape index (κ1) is 8.75. The molecule has 2 nitrogen and oxygen atoms in total. The van der Waals surface area contributed by atoms with E-state index in [1.807, 2.05) is 42.5 Å². The standard InChI is InChI=1S/C12H11NO/c1-2-4-11(5-3-1)10-14-12-6-8-13-9-7-12/h1-9H,10H2. The molecule has 2 rings (SSSR count). The fourth-order valence-electron chi connectivity index (χ4n) is 1.18. The summed E-state index contributed by atoms with van der Waals surface area (Å²) in [7, 11) is 0. The second-order valence-corrected chi connectivity index (χ2v) is 2.96. The van der Waals surface area contributed by atoms with Gasteiger partial charge >= 0.3 is 0 Å². The first-order chi connectivity index (χ1) is 6.95. The van der Waals surface area contributed by atoms with Crippen LogP contribution < -0.4 is 4.74 Å². The minimum atomic E-state index is 0.602. The van der Waals surface area contributed by atoms with Gasteiger partial charge in [-0.1, -0.05) is 30.3 Å². The summed E-state index contributed by atoms with van der Waals surface area (Å²) in [6.07, 6.45) is 3.45. The van der Waals surface area contributed by atoms with Crippen molar-refractivity contribution in [3.05, 3.63) is 60.4 Å². The molecule has 0 aliphatic rings. The Morgan fingerprint density at radius 3 is 2.36 bits per heavy atom. The zero-order chi connectivity index (χ0) is 9.64. The normalized spacial score (nSPS) is 9.71. The third-order valence-corrected chi connectivity index (χ3v) is 1.90. The Kier molecular flexibility index (Phi) is 2.76. The summed E-state index contributed by atoms with van der Waals surface area (Å²) < 4.78 is 5.55. The number of nitrogens with zero attached hydrogens (tertiary/aromatic N) is 1. The van der Waals surface area contributed by atoms with Gasteiger partial charge < -0.3 is 4.74 Å². The minimum absolute atomic E-state index is 0.602. The molecule has 14 heavy (non-hydrogen) atoms. The van der Waals surface area contributed by atoms with E-state index in [-0.39, 0.29) is 0 Å². The maximum Gasteiger partial charge on any atom is 0.122 e. The molecule has 1 heterocycles. The fourth-order valence-corrected chi connectivity index (χ4v) is 1.18. The third kappa shape index (κ3) is 2.33. The Morgan fingerprint density at radius 1 is 0.929 bits per heavy atom. The third-order valence-electron chi connectivity index (χ3n) is 1.90. The lowest BCUT2D eigenvalue weighted by Gasteiger charge is -2.04. The minimum Gasteiger partial charge on any atom is -0.489 e. The molecule has 0 radical (unpaired) electrons. The molecule has 0 spiro atoms. The Bertz CT molecular complexity index is 333. The molecule has 0 bridgehead atoms. The molecular formula is C12H11NO. The van der Waals surface area contributed by atoms with Crippen LogP contribution >= 0.6 is 0 Å². The van der Waals surface area contributed by atoms with Gasteiger partial charge in [0.2, 0.25) is 0 Å². The van der Waals surface area contributed by atoms with Gasteiger partial charge in [0.1, 0.15) is 12.4 Å². The highest BCUT2D eigenvalue weighted by Crippen LogP contribution is 2.09. The molecule has 2 aromatic rings. The van der Waals surface area contributed by atoms with Crippen molar-refractivity contribution >= 4 is 0 Å². The Morgan fingerprint density at radius 2 is 1.64 bits per heavy atom. The average Bonchev–Trinajstić information content (AvgIpc) is 2.29. The molecule has 0 saturated carbocycles. The van der Waals surface area contributed by atoms with Crippen molar-refractivity contribution < 1.29 is 4.74 Å². The van der Waals surface area contributed by atoms with E-state index >= 15 is 0 Å². The molecular weight excluding hydrogens is 174 g/mol. The lowest BCUT2D eigenvalue weighted by Crippen LogP contribution is -1.94. The summed E-state index contributed by atoms with van der Waals surface area (Å²) >= 11 is 0. The van der Waals surface area contributed by atoms with Crippen LogP contribution in [0.1, 0.15) is 5.56 Å². The van der Waals surface area contributed by atoms with E-state index in [1.54, 1.807) is 12.4 Å². The largest absolute Gasteiger partial charge is 0.489 e. The summed E-state index contributed by atoms with van der Waals surface area (Å²) in [4.78, 5) is 3.92. The summed E-state index contributed by atoms with van der Waals surface area (Å²) in [6.45, 7) is 0.602. The molecule has 0 fully saturated rings. The number of ether oxygens (including phenoxy) is 1. The summed E-state index contributed by atoms with van der Waals surface area (Å²) in [6, 6.07) is 13.8. The first-order valence-electron chi connectivity index (χ1n) is 4.52. The van der Waals surface area contributed by atoms with Gasteiger partial charge in [-0.05, 0) is 17.7 Å². The van der Waals surface area contributed by atoms with E-state index in [1.165, 1.54) is 5.56 Å². The van der Waals surface area contributed by atoms with Crippen LogP contribution in [0.4, 0.5) is 0 Å². The second kappa shape index (κ2) is 4.42. The van der Waals surface area contributed by atoms with E-state index in [0.29, 0.717) is 6.61 Å². The van der Waals surface area contributed by atoms with Crippen molar-refractivity contribution in [2.24, 2.45) is 0 Å². The second-order valence-electron chi connectivity index (χ2n) is 2.96. The van der Waals surface area contributed by atoms with E-state index < -0.39 is 0 Å². The maximum atomic E-state index is 5.55. The monoisotopic (exact) mass is 185 g/mol. The van der Waals surface area contributed by atoms with Crippen molar-refractivity contribution in [3.63, 3.8) is 0 Å². The van der Waals surface area contributed by atoms with Crippen molar-refractivity contribution in [1.82, 2.24) is 4.98 Å². The number of rotatable bonds is 3.